The average Bonchev–Trinajstić information content (AvgIpc) is 2.58. The zero-order valence-electron chi connectivity index (χ0n) is 13.2. The van der Waals surface area contributed by atoms with Crippen LogP contribution in [0.3, 0.4) is 0 Å². The molecule has 0 heterocycles. The molecule has 1 aromatic carbocycles. The normalized spacial score (nSPS) is 16.0. The van der Waals surface area contributed by atoms with Crippen LogP contribution in [-0.4, -0.2) is 71.4 Å². The van der Waals surface area contributed by atoms with Gasteiger partial charge in [0.25, 0.3) is 0 Å². The molecule has 0 aliphatic rings. The van der Waals surface area contributed by atoms with Gasteiger partial charge in [0.15, 0.2) is 12.1 Å². The van der Waals surface area contributed by atoms with E-state index in [1.54, 1.807) is 30.3 Å². The summed E-state index contributed by atoms with van der Waals surface area (Å²) in [4.78, 5) is 33.8. The summed E-state index contributed by atoms with van der Waals surface area (Å²) in [5, 5.41) is 30.8. The number of rotatable bonds is 11. The lowest BCUT2D eigenvalue weighted by atomic mass is 10.0. The third-order valence-electron chi connectivity index (χ3n) is 3.47. The van der Waals surface area contributed by atoms with Crippen molar-refractivity contribution in [3.63, 3.8) is 0 Å². The first-order valence-corrected chi connectivity index (χ1v) is 7.27. The fourth-order valence-corrected chi connectivity index (χ4v) is 2.14. The molecule has 0 saturated carbocycles. The maximum atomic E-state index is 12.0. The van der Waals surface area contributed by atoms with Gasteiger partial charge in [-0.1, -0.05) is 30.3 Å². The highest BCUT2D eigenvalue weighted by molar-refractivity contribution is 5.87. The Hall–Kier alpha value is -2.13. The summed E-state index contributed by atoms with van der Waals surface area (Å²) in [6, 6.07) is 7.87. The average molecular weight is 339 g/mol. The van der Waals surface area contributed by atoms with Gasteiger partial charge in [-0.25, -0.2) is 0 Å². The molecule has 132 valence electrons. The van der Waals surface area contributed by atoms with E-state index in [-0.39, 0.29) is 12.7 Å². The second-order valence-corrected chi connectivity index (χ2v) is 5.20. The molecule has 4 N–H and O–H groups in total. The van der Waals surface area contributed by atoms with Gasteiger partial charge in [0.2, 0.25) is 0 Å². The first-order chi connectivity index (χ1) is 11.4. The first kappa shape index (κ1) is 19.9. The molecule has 0 aliphatic carbocycles. The number of aliphatic hydroxyl groups excluding tert-OH is 2. The minimum absolute atomic E-state index is 0.0901. The Morgan fingerprint density at radius 2 is 1.88 bits per heavy atom. The lowest BCUT2D eigenvalue weighted by Crippen LogP contribution is -2.49. The van der Waals surface area contributed by atoms with Crippen molar-refractivity contribution in [2.45, 2.75) is 30.8 Å². The highest BCUT2D eigenvalue weighted by Gasteiger charge is 2.32. The minimum Gasteiger partial charge on any atom is -0.480 e. The Labute approximate surface area is 139 Å². The van der Waals surface area contributed by atoms with Gasteiger partial charge in [0, 0.05) is 7.11 Å². The maximum absolute atomic E-state index is 12.0. The fraction of sp³-hybridized carbons (Fsp3) is 0.438. The zero-order valence-corrected chi connectivity index (χ0v) is 13.2. The van der Waals surface area contributed by atoms with Crippen molar-refractivity contribution in [2.24, 2.45) is 0 Å². The summed E-state index contributed by atoms with van der Waals surface area (Å²) in [5.74, 6) is -1.81. The van der Waals surface area contributed by atoms with Crippen LogP contribution < -0.4 is 5.32 Å². The predicted octanol–water partition coefficient (Wildman–Crippen LogP) is -1.22. The van der Waals surface area contributed by atoms with Gasteiger partial charge >= 0.3 is 5.97 Å². The smallest absolute Gasteiger partial charge is 0.321 e. The molecule has 24 heavy (non-hydrogen) atoms. The van der Waals surface area contributed by atoms with Crippen LogP contribution in [0.15, 0.2) is 30.3 Å². The standard InChI is InChI=1S/C16H21NO7/c1-24-15(14(21)13(20)9-18)12(19)8-17-11(16(22)23)7-10-5-3-2-4-6-10/h2-6,9,11,13-15,17,20-21H,7-8H2,1H3,(H,22,23). The second kappa shape index (κ2) is 9.89. The number of hydrogen-bond donors (Lipinski definition) is 4. The molecule has 1 aromatic rings. The molecule has 0 aliphatic heterocycles. The minimum atomic E-state index is -1.77. The van der Waals surface area contributed by atoms with Crippen molar-refractivity contribution in [3.05, 3.63) is 35.9 Å². The van der Waals surface area contributed by atoms with Crippen molar-refractivity contribution >= 4 is 18.0 Å². The largest absolute Gasteiger partial charge is 0.480 e. The fourth-order valence-electron chi connectivity index (χ4n) is 2.14. The summed E-state index contributed by atoms with van der Waals surface area (Å²) >= 11 is 0. The van der Waals surface area contributed by atoms with Crippen LogP contribution in [0.25, 0.3) is 0 Å². The van der Waals surface area contributed by atoms with Gasteiger partial charge < -0.3 is 24.9 Å². The number of carbonyl (C=O) groups is 3. The molecule has 0 saturated heterocycles. The van der Waals surface area contributed by atoms with E-state index in [1.165, 1.54) is 0 Å². The van der Waals surface area contributed by atoms with Crippen LogP contribution in [0.5, 0.6) is 0 Å². The number of carboxylic acid groups (broad SMARTS) is 1. The van der Waals surface area contributed by atoms with E-state index in [0.29, 0.717) is 0 Å². The molecule has 0 amide bonds. The second-order valence-electron chi connectivity index (χ2n) is 5.20. The van der Waals surface area contributed by atoms with Crippen molar-refractivity contribution < 1.29 is 34.4 Å². The molecule has 0 aromatic heterocycles. The van der Waals surface area contributed by atoms with Crippen LogP contribution in [0, 0.1) is 0 Å². The Balaban J connectivity index is 2.66. The number of methoxy groups -OCH3 is 1. The Bertz CT molecular complexity index is 549. The van der Waals surface area contributed by atoms with E-state index in [1.807, 2.05) is 0 Å². The van der Waals surface area contributed by atoms with E-state index in [2.05, 4.69) is 5.32 Å². The monoisotopic (exact) mass is 339 g/mol. The third-order valence-corrected chi connectivity index (χ3v) is 3.47. The molecular formula is C16H21NO7. The van der Waals surface area contributed by atoms with Gasteiger partial charge in [0.05, 0.1) is 6.54 Å². The number of aldehydes is 1. The Morgan fingerprint density at radius 3 is 2.38 bits per heavy atom. The number of carboxylic acids is 1. The molecule has 8 heteroatoms. The highest BCUT2D eigenvalue weighted by atomic mass is 16.5. The molecular weight excluding hydrogens is 318 g/mol. The van der Waals surface area contributed by atoms with E-state index >= 15 is 0 Å². The number of aliphatic hydroxyl groups is 2. The van der Waals surface area contributed by atoms with Gasteiger partial charge in [-0.3, -0.25) is 14.9 Å². The summed E-state index contributed by atoms with van der Waals surface area (Å²) in [7, 11) is 1.14. The van der Waals surface area contributed by atoms with Gasteiger partial charge in [-0.2, -0.15) is 0 Å². The maximum Gasteiger partial charge on any atom is 0.321 e. The summed E-state index contributed by atoms with van der Waals surface area (Å²) in [5.41, 5.74) is 0.782. The molecule has 8 nitrogen and oxygen atoms in total. The number of nitrogens with one attached hydrogen (secondary N) is 1. The number of aliphatic carboxylic acids is 1. The van der Waals surface area contributed by atoms with E-state index < -0.39 is 42.7 Å². The third kappa shape index (κ3) is 5.82. The molecule has 0 spiro atoms. The van der Waals surface area contributed by atoms with Gasteiger partial charge in [-0.15, -0.1) is 0 Å². The molecule has 1 rings (SSSR count). The Kier molecular flexibility index (Phi) is 8.20. The zero-order chi connectivity index (χ0) is 18.1. The van der Waals surface area contributed by atoms with Crippen LogP contribution >= 0.6 is 0 Å². The quantitative estimate of drug-likeness (QED) is 0.369. The predicted molar refractivity (Wildman–Crippen MR) is 83.5 cm³/mol. The van der Waals surface area contributed by atoms with E-state index in [4.69, 9.17) is 4.74 Å². The van der Waals surface area contributed by atoms with Crippen molar-refractivity contribution in [3.8, 4) is 0 Å². The van der Waals surface area contributed by atoms with E-state index in [9.17, 15) is 29.7 Å². The SMILES string of the molecule is COC(C(=O)CNC(Cc1ccccc1)C(=O)O)C(O)C(O)C=O. The van der Waals surface area contributed by atoms with E-state index in [0.717, 1.165) is 12.7 Å². The lowest BCUT2D eigenvalue weighted by Gasteiger charge is -2.23. The number of ether oxygens (including phenoxy) is 1. The molecule has 0 bridgehead atoms. The molecule has 0 radical (unpaired) electrons. The van der Waals surface area contributed by atoms with Crippen LogP contribution in [0.2, 0.25) is 0 Å². The summed E-state index contributed by atoms with van der Waals surface area (Å²) < 4.78 is 4.80. The molecule has 4 atom stereocenters. The number of Topliss-reactive ketones (excluding diaryl/α,β-unsaturated/α-hetero) is 1. The van der Waals surface area contributed by atoms with Crippen molar-refractivity contribution in [1.29, 1.82) is 0 Å². The molecule has 0 fully saturated rings. The lowest BCUT2D eigenvalue weighted by molar-refractivity contribution is -0.144. The summed E-state index contributed by atoms with van der Waals surface area (Å²) in [6.45, 7) is -0.398. The van der Waals surface area contributed by atoms with Crippen LogP contribution in [-0.2, 0) is 25.5 Å². The van der Waals surface area contributed by atoms with Crippen molar-refractivity contribution in [2.75, 3.05) is 13.7 Å². The van der Waals surface area contributed by atoms with Gasteiger partial charge in [0.1, 0.15) is 24.4 Å². The molecule has 4 unspecified atom stereocenters. The number of carbonyl (C=O) groups excluding carboxylic acids is 2. The van der Waals surface area contributed by atoms with Crippen LogP contribution in [0.4, 0.5) is 0 Å². The number of hydrogen-bond acceptors (Lipinski definition) is 7. The first-order valence-electron chi connectivity index (χ1n) is 7.27. The number of benzene rings is 1. The Morgan fingerprint density at radius 1 is 1.25 bits per heavy atom. The van der Waals surface area contributed by atoms with Crippen LogP contribution in [0.1, 0.15) is 5.56 Å². The van der Waals surface area contributed by atoms with Crippen molar-refractivity contribution in [1.82, 2.24) is 5.32 Å². The number of ketones is 1. The highest BCUT2D eigenvalue weighted by Crippen LogP contribution is 2.06. The topological polar surface area (TPSA) is 133 Å². The van der Waals surface area contributed by atoms with Gasteiger partial charge in [-0.05, 0) is 12.0 Å². The summed E-state index contributed by atoms with van der Waals surface area (Å²) in [6.07, 6.45) is -4.67.